The van der Waals surface area contributed by atoms with Crippen LogP contribution in [0.15, 0.2) is 48.5 Å². The maximum atomic E-state index is 12.9. The van der Waals surface area contributed by atoms with Gasteiger partial charge in [-0.05, 0) is 36.5 Å². The molecule has 3 aromatic rings. The van der Waals surface area contributed by atoms with E-state index in [1.807, 2.05) is 30.3 Å². The van der Waals surface area contributed by atoms with Crippen molar-refractivity contribution in [2.75, 3.05) is 14.2 Å². The summed E-state index contributed by atoms with van der Waals surface area (Å²) in [5.74, 6) is 1.75. The van der Waals surface area contributed by atoms with E-state index in [1.165, 1.54) is 0 Å². The van der Waals surface area contributed by atoms with Crippen LogP contribution in [0.3, 0.4) is 0 Å². The number of benzene rings is 2. The standard InChI is InChI=1S/C21H22N2O3/c1-25-16-10-15-11-17(22-20(15)18(12-16)26-2)21(24)23-19(14-8-9-14)13-6-4-3-5-7-13/h3-7,10-12,14,19,22H,8-9H2,1-2H3,(H,23,24). The molecule has 0 saturated heterocycles. The number of methoxy groups -OCH3 is 2. The first kappa shape index (κ1) is 16.5. The molecule has 1 aliphatic carbocycles. The topological polar surface area (TPSA) is 63.4 Å². The monoisotopic (exact) mass is 350 g/mol. The Morgan fingerprint density at radius 1 is 1.12 bits per heavy atom. The average Bonchev–Trinajstić information content (AvgIpc) is 3.43. The maximum absolute atomic E-state index is 12.9. The Kier molecular flexibility index (Phi) is 4.29. The molecule has 0 radical (unpaired) electrons. The van der Waals surface area contributed by atoms with Crippen LogP contribution < -0.4 is 14.8 Å². The lowest BCUT2D eigenvalue weighted by atomic mass is 10.0. The van der Waals surface area contributed by atoms with Crippen molar-refractivity contribution in [2.45, 2.75) is 18.9 Å². The molecule has 5 heteroatoms. The molecule has 0 spiro atoms. The lowest BCUT2D eigenvalue weighted by Gasteiger charge is -2.18. The van der Waals surface area contributed by atoms with Gasteiger partial charge in [-0.15, -0.1) is 0 Å². The fraction of sp³-hybridized carbons (Fsp3) is 0.286. The van der Waals surface area contributed by atoms with Gasteiger partial charge in [0.1, 0.15) is 17.2 Å². The largest absolute Gasteiger partial charge is 0.497 e. The smallest absolute Gasteiger partial charge is 0.268 e. The number of hydrogen-bond acceptors (Lipinski definition) is 3. The molecule has 2 N–H and O–H groups in total. The summed E-state index contributed by atoms with van der Waals surface area (Å²) in [4.78, 5) is 16.1. The summed E-state index contributed by atoms with van der Waals surface area (Å²) < 4.78 is 10.7. The van der Waals surface area contributed by atoms with E-state index >= 15 is 0 Å². The Morgan fingerprint density at radius 2 is 1.88 bits per heavy atom. The predicted octanol–water partition coefficient (Wildman–Crippen LogP) is 4.07. The van der Waals surface area contributed by atoms with Crippen molar-refractivity contribution < 1.29 is 14.3 Å². The predicted molar refractivity (Wildman–Crippen MR) is 101 cm³/mol. The first-order chi connectivity index (χ1) is 12.7. The van der Waals surface area contributed by atoms with Crippen LogP contribution in [0.1, 0.15) is 34.9 Å². The summed E-state index contributed by atoms with van der Waals surface area (Å²) in [5, 5.41) is 4.08. The number of carbonyl (C=O) groups is 1. The van der Waals surface area contributed by atoms with E-state index in [1.54, 1.807) is 20.3 Å². The number of aromatic amines is 1. The normalized spacial score (nSPS) is 14.8. The van der Waals surface area contributed by atoms with Crippen LogP contribution in [0.2, 0.25) is 0 Å². The van der Waals surface area contributed by atoms with Gasteiger partial charge >= 0.3 is 0 Å². The van der Waals surface area contributed by atoms with Crippen molar-refractivity contribution in [3.05, 3.63) is 59.8 Å². The first-order valence-corrected chi connectivity index (χ1v) is 8.80. The number of aromatic nitrogens is 1. The number of H-pyrrole nitrogens is 1. The Hall–Kier alpha value is -2.95. The molecular weight excluding hydrogens is 328 g/mol. The fourth-order valence-corrected chi connectivity index (χ4v) is 3.37. The van der Waals surface area contributed by atoms with E-state index < -0.39 is 0 Å². The van der Waals surface area contributed by atoms with Crippen molar-refractivity contribution in [3.63, 3.8) is 0 Å². The van der Waals surface area contributed by atoms with Gasteiger partial charge in [-0.25, -0.2) is 0 Å². The molecule has 2 aromatic carbocycles. The molecule has 1 saturated carbocycles. The zero-order valence-electron chi connectivity index (χ0n) is 14.9. The second-order valence-corrected chi connectivity index (χ2v) is 6.68. The van der Waals surface area contributed by atoms with Crippen LogP contribution in [-0.2, 0) is 0 Å². The third-order valence-corrected chi connectivity index (χ3v) is 4.90. The highest BCUT2D eigenvalue weighted by Gasteiger charge is 2.33. The van der Waals surface area contributed by atoms with Crippen molar-refractivity contribution in [1.82, 2.24) is 10.3 Å². The summed E-state index contributed by atoms with van der Waals surface area (Å²) in [6, 6.07) is 15.7. The highest BCUT2D eigenvalue weighted by atomic mass is 16.5. The van der Waals surface area contributed by atoms with Gasteiger partial charge in [0.05, 0.1) is 25.8 Å². The van der Waals surface area contributed by atoms with Gasteiger partial charge in [-0.1, -0.05) is 30.3 Å². The van der Waals surface area contributed by atoms with Crippen molar-refractivity contribution in [3.8, 4) is 11.5 Å². The molecule has 5 nitrogen and oxygen atoms in total. The molecule has 1 unspecified atom stereocenters. The molecule has 1 fully saturated rings. The van der Waals surface area contributed by atoms with Gasteiger partial charge in [-0.3, -0.25) is 4.79 Å². The van der Waals surface area contributed by atoms with Gasteiger partial charge in [0.15, 0.2) is 0 Å². The van der Waals surface area contributed by atoms with Gasteiger partial charge in [0.2, 0.25) is 0 Å². The van der Waals surface area contributed by atoms with Crippen molar-refractivity contribution in [2.24, 2.45) is 5.92 Å². The summed E-state index contributed by atoms with van der Waals surface area (Å²) in [7, 11) is 3.22. The molecule has 1 heterocycles. The Morgan fingerprint density at radius 3 is 2.54 bits per heavy atom. The molecule has 0 bridgehead atoms. The fourth-order valence-electron chi connectivity index (χ4n) is 3.37. The minimum atomic E-state index is -0.108. The van der Waals surface area contributed by atoms with Crippen LogP contribution in [0.5, 0.6) is 11.5 Å². The minimum Gasteiger partial charge on any atom is -0.497 e. The third kappa shape index (κ3) is 3.12. The SMILES string of the molecule is COc1cc(OC)c2[nH]c(C(=O)NC(c3ccccc3)C3CC3)cc2c1. The van der Waals surface area contributed by atoms with Crippen LogP contribution in [0.4, 0.5) is 0 Å². The number of ether oxygens (including phenoxy) is 2. The number of rotatable bonds is 6. The quantitative estimate of drug-likeness (QED) is 0.704. The Bertz CT molecular complexity index is 929. The number of nitrogens with one attached hydrogen (secondary N) is 2. The number of fused-ring (bicyclic) bond motifs is 1. The third-order valence-electron chi connectivity index (χ3n) is 4.90. The average molecular weight is 350 g/mol. The summed E-state index contributed by atoms with van der Waals surface area (Å²) >= 11 is 0. The maximum Gasteiger partial charge on any atom is 0.268 e. The Balaban J connectivity index is 1.63. The van der Waals surface area contributed by atoms with E-state index in [0.29, 0.717) is 23.1 Å². The lowest BCUT2D eigenvalue weighted by Crippen LogP contribution is -2.30. The van der Waals surface area contributed by atoms with Crippen LogP contribution in [0, 0.1) is 5.92 Å². The highest BCUT2D eigenvalue weighted by molar-refractivity contribution is 6.00. The molecule has 1 atom stereocenters. The first-order valence-electron chi connectivity index (χ1n) is 8.80. The van der Waals surface area contributed by atoms with E-state index in [4.69, 9.17) is 9.47 Å². The highest BCUT2D eigenvalue weighted by Crippen LogP contribution is 2.41. The van der Waals surface area contributed by atoms with Crippen molar-refractivity contribution >= 4 is 16.8 Å². The lowest BCUT2D eigenvalue weighted by molar-refractivity contribution is 0.0927. The van der Waals surface area contributed by atoms with E-state index in [0.717, 1.165) is 29.3 Å². The summed E-state index contributed by atoms with van der Waals surface area (Å²) in [6.45, 7) is 0. The van der Waals surface area contributed by atoms with Crippen LogP contribution in [0.25, 0.3) is 10.9 Å². The molecule has 1 amide bonds. The minimum absolute atomic E-state index is 0.0477. The number of carbonyl (C=O) groups excluding carboxylic acids is 1. The van der Waals surface area contributed by atoms with Crippen LogP contribution in [-0.4, -0.2) is 25.1 Å². The molecule has 1 aliphatic rings. The molecule has 0 aliphatic heterocycles. The van der Waals surface area contributed by atoms with Crippen LogP contribution >= 0.6 is 0 Å². The molecule has 26 heavy (non-hydrogen) atoms. The number of amides is 1. The van der Waals surface area contributed by atoms with E-state index in [2.05, 4.69) is 22.4 Å². The number of hydrogen-bond donors (Lipinski definition) is 2. The molecular formula is C21H22N2O3. The van der Waals surface area contributed by atoms with Gasteiger partial charge in [0.25, 0.3) is 5.91 Å². The zero-order valence-corrected chi connectivity index (χ0v) is 14.9. The summed E-state index contributed by atoms with van der Waals surface area (Å²) in [6.07, 6.45) is 2.30. The van der Waals surface area contributed by atoms with Crippen molar-refractivity contribution in [1.29, 1.82) is 0 Å². The molecule has 1 aromatic heterocycles. The molecule has 134 valence electrons. The van der Waals surface area contributed by atoms with Gasteiger partial charge in [0, 0.05) is 11.5 Å². The van der Waals surface area contributed by atoms with E-state index in [-0.39, 0.29) is 11.9 Å². The molecule has 4 rings (SSSR count). The summed E-state index contributed by atoms with van der Waals surface area (Å²) in [5.41, 5.74) is 2.47. The Labute approximate surface area is 152 Å². The second-order valence-electron chi connectivity index (χ2n) is 6.68. The van der Waals surface area contributed by atoms with Gasteiger partial charge in [-0.2, -0.15) is 0 Å². The van der Waals surface area contributed by atoms with Gasteiger partial charge < -0.3 is 19.8 Å². The zero-order chi connectivity index (χ0) is 18.1. The second kappa shape index (κ2) is 6.75. The van der Waals surface area contributed by atoms with E-state index in [9.17, 15) is 4.79 Å².